The number of thiazole rings is 1. The van der Waals surface area contributed by atoms with Crippen molar-refractivity contribution in [3.63, 3.8) is 0 Å². The number of Topliss-reactive ketones (excluding diaryl/α,β-unsaturated/α-hetero) is 1. The van der Waals surface area contributed by atoms with Crippen molar-refractivity contribution >= 4 is 40.5 Å². The first kappa shape index (κ1) is 19.9. The van der Waals surface area contributed by atoms with Gasteiger partial charge in [-0.25, -0.2) is 0 Å². The molecule has 1 atom stereocenters. The fraction of sp³-hybridized carbons (Fsp3) is 0.500. The van der Waals surface area contributed by atoms with Gasteiger partial charge >= 0.3 is 0 Å². The quantitative estimate of drug-likeness (QED) is 0.463. The molecule has 1 fully saturated rings. The molecule has 0 aliphatic heterocycles. The highest BCUT2D eigenvalue weighted by atomic mass is 35.5. The average Bonchev–Trinajstić information content (AvgIpc) is 3.21. The zero-order chi connectivity index (χ0) is 18.9. The molecule has 3 nitrogen and oxygen atoms in total. The number of rotatable bonds is 7. The number of hydrogen-bond acceptors (Lipinski definition) is 5. The smallest absolute Gasteiger partial charge is 0.163 e. The number of ketones is 1. The average molecular weight is 410 g/mol. The second kappa shape index (κ2) is 7.63. The van der Waals surface area contributed by atoms with Gasteiger partial charge in [0, 0.05) is 28.8 Å². The van der Waals surface area contributed by atoms with E-state index in [0.717, 1.165) is 22.6 Å². The van der Waals surface area contributed by atoms with Crippen LogP contribution in [0.3, 0.4) is 0 Å². The van der Waals surface area contributed by atoms with Crippen molar-refractivity contribution in [2.24, 2.45) is 11.3 Å². The number of benzene rings is 1. The van der Waals surface area contributed by atoms with Gasteiger partial charge in [0.05, 0.1) is 15.4 Å². The summed E-state index contributed by atoms with van der Waals surface area (Å²) in [5.41, 5.74) is 1.06. The van der Waals surface area contributed by atoms with E-state index in [-0.39, 0.29) is 11.2 Å². The fourth-order valence-electron chi connectivity index (χ4n) is 2.75. The molecule has 6 heteroatoms. The Morgan fingerprint density at radius 2 is 2.12 bits per heavy atom. The molecule has 1 N–H and O–H groups in total. The Balaban J connectivity index is 1.74. The van der Waals surface area contributed by atoms with Crippen molar-refractivity contribution in [2.45, 2.75) is 50.5 Å². The van der Waals surface area contributed by atoms with E-state index in [1.807, 2.05) is 32.9 Å². The molecule has 1 saturated carbocycles. The number of nitrogens with zero attached hydrogens (tertiary/aromatic N) is 1. The fourth-order valence-corrected chi connectivity index (χ4v) is 5.43. The summed E-state index contributed by atoms with van der Waals surface area (Å²) >= 11 is 9.40. The Kier molecular flexibility index (Phi) is 5.83. The highest BCUT2D eigenvalue weighted by Gasteiger charge is 2.43. The molecule has 2 aromatic rings. The summed E-state index contributed by atoms with van der Waals surface area (Å²) in [6.45, 7) is 6.07. The van der Waals surface area contributed by atoms with E-state index in [2.05, 4.69) is 4.98 Å². The zero-order valence-corrected chi connectivity index (χ0v) is 17.7. The molecule has 0 saturated heterocycles. The minimum absolute atomic E-state index is 0.168. The van der Waals surface area contributed by atoms with Gasteiger partial charge < -0.3 is 5.11 Å². The number of halogens is 1. The minimum atomic E-state index is -1.01. The van der Waals surface area contributed by atoms with Gasteiger partial charge in [0.2, 0.25) is 0 Å². The SMILES string of the molecule is CC(C)(C)C(O)(CSc1ccc(C(=O)CC2CC2)cc1Cl)c1cncs1. The van der Waals surface area contributed by atoms with Crippen LogP contribution in [0.15, 0.2) is 34.8 Å². The lowest BCUT2D eigenvalue weighted by molar-refractivity contribution is -0.0392. The molecule has 0 spiro atoms. The van der Waals surface area contributed by atoms with Gasteiger partial charge in [-0.2, -0.15) is 0 Å². The predicted molar refractivity (Wildman–Crippen MR) is 109 cm³/mol. The van der Waals surface area contributed by atoms with E-state index in [9.17, 15) is 9.90 Å². The van der Waals surface area contributed by atoms with Gasteiger partial charge in [-0.3, -0.25) is 9.78 Å². The Bertz CT molecular complexity index is 782. The third-order valence-electron chi connectivity index (χ3n) is 4.94. The van der Waals surface area contributed by atoms with E-state index in [1.165, 1.54) is 23.1 Å². The van der Waals surface area contributed by atoms with Gasteiger partial charge in [0.1, 0.15) is 5.60 Å². The van der Waals surface area contributed by atoms with Crippen LogP contribution in [-0.2, 0) is 5.60 Å². The third kappa shape index (κ3) is 4.33. The lowest BCUT2D eigenvalue weighted by atomic mass is 9.77. The predicted octanol–water partition coefficient (Wildman–Crippen LogP) is 5.81. The van der Waals surface area contributed by atoms with Gasteiger partial charge in [-0.05, 0) is 36.3 Å². The van der Waals surface area contributed by atoms with Crippen LogP contribution in [0, 0.1) is 11.3 Å². The topological polar surface area (TPSA) is 50.2 Å². The van der Waals surface area contributed by atoms with Crippen LogP contribution in [0.25, 0.3) is 0 Å². The van der Waals surface area contributed by atoms with E-state index >= 15 is 0 Å². The molecular weight excluding hydrogens is 386 g/mol. The highest BCUT2D eigenvalue weighted by Crippen LogP contribution is 2.45. The van der Waals surface area contributed by atoms with Crippen LogP contribution in [-0.4, -0.2) is 21.6 Å². The Morgan fingerprint density at radius 3 is 2.65 bits per heavy atom. The summed E-state index contributed by atoms with van der Waals surface area (Å²) < 4.78 is 0. The molecule has 3 rings (SSSR count). The standard InChI is InChI=1S/C20H24ClNO2S2/c1-19(2,3)20(24,18-10-22-12-26-18)11-25-17-7-6-14(9-15(17)21)16(23)8-13-4-5-13/h6-7,9-10,12-13,24H,4-5,8,11H2,1-3H3. The molecule has 1 aromatic heterocycles. The number of carbonyl (C=O) groups is 1. The number of thioether (sulfide) groups is 1. The molecule has 140 valence electrons. The first-order chi connectivity index (χ1) is 12.2. The maximum Gasteiger partial charge on any atom is 0.163 e. The van der Waals surface area contributed by atoms with E-state index in [4.69, 9.17) is 11.6 Å². The number of hydrogen-bond donors (Lipinski definition) is 1. The zero-order valence-electron chi connectivity index (χ0n) is 15.3. The van der Waals surface area contributed by atoms with Crippen molar-refractivity contribution in [3.8, 4) is 0 Å². The Morgan fingerprint density at radius 1 is 1.38 bits per heavy atom. The monoisotopic (exact) mass is 409 g/mol. The molecule has 0 bridgehead atoms. The molecule has 0 radical (unpaired) electrons. The van der Waals surface area contributed by atoms with Crippen LogP contribution in [0.5, 0.6) is 0 Å². The maximum atomic E-state index is 12.3. The summed E-state index contributed by atoms with van der Waals surface area (Å²) in [4.78, 5) is 18.1. The lowest BCUT2D eigenvalue weighted by Crippen LogP contribution is -2.41. The van der Waals surface area contributed by atoms with E-state index in [0.29, 0.717) is 28.7 Å². The Hall–Kier alpha value is -0.880. The molecule has 1 aliphatic rings. The second-order valence-electron chi connectivity index (χ2n) is 7.98. The lowest BCUT2D eigenvalue weighted by Gasteiger charge is -2.39. The highest BCUT2D eigenvalue weighted by molar-refractivity contribution is 7.99. The molecule has 26 heavy (non-hydrogen) atoms. The summed E-state index contributed by atoms with van der Waals surface area (Å²) in [5.74, 6) is 1.20. The third-order valence-corrected chi connectivity index (χ3v) is 7.52. The van der Waals surface area contributed by atoms with Crippen molar-refractivity contribution in [2.75, 3.05) is 5.75 Å². The number of aliphatic hydroxyl groups is 1. The second-order valence-corrected chi connectivity index (χ2v) is 10.3. The van der Waals surface area contributed by atoms with Crippen molar-refractivity contribution in [1.82, 2.24) is 4.98 Å². The first-order valence-corrected chi connectivity index (χ1v) is 11.0. The largest absolute Gasteiger partial charge is 0.383 e. The van der Waals surface area contributed by atoms with Gasteiger partial charge in [-0.15, -0.1) is 23.1 Å². The van der Waals surface area contributed by atoms with Crippen molar-refractivity contribution < 1.29 is 9.90 Å². The normalized spacial score (nSPS) is 17.1. The molecule has 1 aliphatic carbocycles. The van der Waals surface area contributed by atoms with Crippen LogP contribution < -0.4 is 0 Å². The Labute approximate surface area is 168 Å². The van der Waals surface area contributed by atoms with Crippen molar-refractivity contribution in [3.05, 3.63) is 45.4 Å². The first-order valence-electron chi connectivity index (χ1n) is 8.77. The minimum Gasteiger partial charge on any atom is -0.383 e. The molecule has 1 aromatic carbocycles. The van der Waals surface area contributed by atoms with Crippen LogP contribution in [0.4, 0.5) is 0 Å². The number of carbonyl (C=O) groups excluding carboxylic acids is 1. The summed E-state index contributed by atoms with van der Waals surface area (Å²) in [6, 6.07) is 5.50. The van der Waals surface area contributed by atoms with Crippen molar-refractivity contribution in [1.29, 1.82) is 0 Å². The van der Waals surface area contributed by atoms with Crippen LogP contribution in [0.1, 0.15) is 55.3 Å². The molecule has 0 amide bonds. The molecular formula is C20H24ClNO2S2. The van der Waals surface area contributed by atoms with Crippen LogP contribution in [0.2, 0.25) is 5.02 Å². The molecule has 1 unspecified atom stereocenters. The summed E-state index contributed by atoms with van der Waals surface area (Å²) in [7, 11) is 0. The number of aromatic nitrogens is 1. The maximum absolute atomic E-state index is 12.3. The van der Waals surface area contributed by atoms with E-state index < -0.39 is 5.60 Å². The van der Waals surface area contributed by atoms with Gasteiger partial charge in [-0.1, -0.05) is 38.4 Å². The van der Waals surface area contributed by atoms with Gasteiger partial charge in [0.25, 0.3) is 0 Å². The summed E-state index contributed by atoms with van der Waals surface area (Å²) in [5, 5.41) is 11.9. The summed E-state index contributed by atoms with van der Waals surface area (Å²) in [6.07, 6.45) is 4.68. The van der Waals surface area contributed by atoms with Crippen LogP contribution >= 0.6 is 34.7 Å². The van der Waals surface area contributed by atoms with E-state index in [1.54, 1.807) is 17.8 Å². The molecule has 1 heterocycles. The van der Waals surface area contributed by atoms with Gasteiger partial charge in [0.15, 0.2) is 5.78 Å².